The maximum atomic E-state index is 13.0. The number of hydrogen-bond donors (Lipinski definition) is 2. The summed E-state index contributed by atoms with van der Waals surface area (Å²) in [4.78, 5) is 77.0. The summed E-state index contributed by atoms with van der Waals surface area (Å²) in [5, 5.41) is 18.9. The molecule has 0 spiro atoms. The summed E-state index contributed by atoms with van der Waals surface area (Å²) in [6.07, 6.45) is 0. The van der Waals surface area contributed by atoms with Gasteiger partial charge in [-0.15, -0.1) is 0 Å². The molecule has 4 amide bonds. The molecule has 12 nitrogen and oxygen atoms in total. The number of carboxylic acids is 2. The number of carbonyl (C=O) groups excluding carboxylic acids is 4. The van der Waals surface area contributed by atoms with Crippen LogP contribution in [0.25, 0.3) is 0 Å². The highest BCUT2D eigenvalue weighted by Gasteiger charge is 2.41. The second kappa shape index (κ2) is 11.4. The molecule has 0 unspecified atom stereocenters. The van der Waals surface area contributed by atoms with E-state index in [1.165, 1.54) is 60.7 Å². The van der Waals surface area contributed by atoms with E-state index in [1.807, 2.05) is 0 Å². The van der Waals surface area contributed by atoms with Crippen molar-refractivity contribution < 1.29 is 48.5 Å². The van der Waals surface area contributed by atoms with Crippen molar-refractivity contribution >= 4 is 46.9 Å². The van der Waals surface area contributed by atoms with Gasteiger partial charge in [-0.3, -0.25) is 19.2 Å². The van der Waals surface area contributed by atoms with E-state index >= 15 is 0 Å². The first kappa shape index (κ1) is 29.6. The lowest BCUT2D eigenvalue weighted by molar-refractivity contribution is 0.0683. The smallest absolute Gasteiger partial charge is 0.336 e. The lowest BCUT2D eigenvalue weighted by atomic mass is 10.0. The number of ether oxygens (including phenoxy) is 2. The molecular weight excluding hydrogens is 620 g/mol. The molecule has 5 aromatic rings. The fourth-order valence-corrected chi connectivity index (χ4v) is 5.60. The van der Waals surface area contributed by atoms with E-state index < -0.39 is 35.6 Å². The Morgan fingerprint density at radius 2 is 0.833 bits per heavy atom. The van der Waals surface area contributed by atoms with Crippen LogP contribution in [-0.4, -0.2) is 45.8 Å². The number of anilines is 2. The average molecular weight is 641 g/mol. The zero-order valence-corrected chi connectivity index (χ0v) is 24.4. The Morgan fingerprint density at radius 1 is 0.458 bits per heavy atom. The van der Waals surface area contributed by atoms with Crippen LogP contribution in [0, 0.1) is 0 Å². The molecule has 234 valence electrons. The lowest BCUT2D eigenvalue weighted by Crippen LogP contribution is -2.29. The molecule has 5 aromatic carbocycles. The number of amides is 4. The molecule has 0 bridgehead atoms. The van der Waals surface area contributed by atoms with Crippen LogP contribution >= 0.6 is 0 Å². The van der Waals surface area contributed by atoms with Gasteiger partial charge in [0.25, 0.3) is 23.6 Å². The number of hydrogen-bond acceptors (Lipinski definition) is 8. The van der Waals surface area contributed by atoms with Gasteiger partial charge in [-0.2, -0.15) is 0 Å². The van der Waals surface area contributed by atoms with Crippen molar-refractivity contribution in [1.82, 2.24) is 0 Å². The fourth-order valence-electron chi connectivity index (χ4n) is 5.60. The van der Waals surface area contributed by atoms with Gasteiger partial charge in [-0.05, 0) is 84.9 Å². The van der Waals surface area contributed by atoms with Crippen LogP contribution in [0.3, 0.4) is 0 Å². The molecule has 2 N–H and O–H groups in total. The molecule has 0 saturated carbocycles. The van der Waals surface area contributed by atoms with E-state index in [2.05, 4.69) is 0 Å². The molecule has 0 radical (unpaired) electrons. The van der Waals surface area contributed by atoms with E-state index in [9.17, 15) is 39.0 Å². The molecule has 2 aliphatic rings. The minimum Gasteiger partial charge on any atom is -0.478 e. The Morgan fingerprint density at radius 3 is 1.21 bits per heavy atom. The van der Waals surface area contributed by atoms with Gasteiger partial charge < -0.3 is 19.7 Å². The highest BCUT2D eigenvalue weighted by molar-refractivity contribution is 6.37. The summed E-state index contributed by atoms with van der Waals surface area (Å²) < 4.78 is 11.9. The lowest BCUT2D eigenvalue weighted by Gasteiger charge is -2.15. The van der Waals surface area contributed by atoms with Crippen LogP contribution in [0.4, 0.5) is 11.4 Å². The zero-order valence-electron chi connectivity index (χ0n) is 24.4. The summed E-state index contributed by atoms with van der Waals surface area (Å²) in [6.45, 7) is 0. The van der Waals surface area contributed by atoms with Crippen LogP contribution in [0.5, 0.6) is 23.0 Å². The van der Waals surface area contributed by atoms with Gasteiger partial charge in [0, 0.05) is 6.07 Å². The first-order chi connectivity index (χ1) is 23.1. The van der Waals surface area contributed by atoms with Gasteiger partial charge in [0.1, 0.15) is 23.0 Å². The summed E-state index contributed by atoms with van der Waals surface area (Å²) >= 11 is 0. The monoisotopic (exact) mass is 640 g/mol. The molecule has 12 heteroatoms. The maximum Gasteiger partial charge on any atom is 0.336 e. The third-order valence-corrected chi connectivity index (χ3v) is 7.76. The number of rotatable bonds is 8. The Balaban J connectivity index is 1.03. The third kappa shape index (κ3) is 4.90. The maximum absolute atomic E-state index is 13.0. The number of imide groups is 2. The van der Waals surface area contributed by atoms with E-state index in [1.54, 1.807) is 48.5 Å². The van der Waals surface area contributed by atoms with E-state index in [4.69, 9.17) is 9.47 Å². The van der Waals surface area contributed by atoms with Gasteiger partial charge >= 0.3 is 11.9 Å². The van der Waals surface area contributed by atoms with Gasteiger partial charge in [0.15, 0.2) is 0 Å². The first-order valence-electron chi connectivity index (χ1n) is 14.3. The van der Waals surface area contributed by atoms with Crippen molar-refractivity contribution in [3.63, 3.8) is 0 Å². The molecule has 48 heavy (non-hydrogen) atoms. The molecular formula is C36H20N2O10. The van der Waals surface area contributed by atoms with Crippen LogP contribution in [0.1, 0.15) is 62.1 Å². The number of aromatic carboxylic acids is 2. The molecule has 0 atom stereocenters. The van der Waals surface area contributed by atoms with Crippen LogP contribution < -0.4 is 19.3 Å². The molecule has 7 rings (SSSR count). The number of nitrogens with zero attached hydrogens (tertiary/aromatic N) is 2. The Bertz CT molecular complexity index is 2070. The Kier molecular flexibility index (Phi) is 7.02. The molecule has 2 aliphatic heterocycles. The van der Waals surface area contributed by atoms with Gasteiger partial charge in [0.2, 0.25) is 0 Å². The minimum atomic E-state index is -1.30. The van der Waals surface area contributed by atoms with E-state index in [0.717, 1.165) is 9.80 Å². The molecule has 0 fully saturated rings. The second-order valence-electron chi connectivity index (χ2n) is 10.6. The summed E-state index contributed by atoms with van der Waals surface area (Å²) in [7, 11) is 0. The largest absolute Gasteiger partial charge is 0.478 e. The second-order valence-corrected chi connectivity index (χ2v) is 10.6. The van der Waals surface area contributed by atoms with Gasteiger partial charge in [0.05, 0.1) is 44.8 Å². The minimum absolute atomic E-state index is 0.0182. The summed E-state index contributed by atoms with van der Waals surface area (Å²) in [5.74, 6) is -3.73. The first-order valence-corrected chi connectivity index (χ1v) is 14.3. The SMILES string of the molecule is O=C(O)c1cccc2c1C(=O)N(c1ccc(Oc3cccc(Oc4ccc(N5C(=O)c6cccc(C(=O)O)c6C5=O)cc4)c3)cc1)C2=O. The van der Waals surface area contributed by atoms with Crippen LogP contribution in [0.2, 0.25) is 0 Å². The Labute approximate surface area is 270 Å². The standard InChI is InChI=1S/C36H20N2O10/c39-31-25-6-2-8-27(35(43)44)29(25)33(41)37(31)19-10-14-21(15-11-19)47-23-4-1-5-24(18-23)48-22-16-12-20(13-17-22)38-32(40)26-7-3-9-28(36(45)46)30(26)34(38)42/h1-18H,(H,43,44)(H,45,46). The van der Waals surface area contributed by atoms with Crippen molar-refractivity contribution in [3.05, 3.63) is 143 Å². The molecule has 0 saturated heterocycles. The number of fused-ring (bicyclic) bond motifs is 2. The third-order valence-electron chi connectivity index (χ3n) is 7.76. The van der Waals surface area contributed by atoms with Crippen molar-refractivity contribution in [2.45, 2.75) is 0 Å². The highest BCUT2D eigenvalue weighted by Crippen LogP contribution is 2.35. The van der Waals surface area contributed by atoms with Crippen molar-refractivity contribution in [2.24, 2.45) is 0 Å². The predicted molar refractivity (Wildman–Crippen MR) is 169 cm³/mol. The van der Waals surface area contributed by atoms with Gasteiger partial charge in [-0.1, -0.05) is 18.2 Å². The fraction of sp³-hybridized carbons (Fsp3) is 0. The van der Waals surface area contributed by atoms with E-state index in [0.29, 0.717) is 23.0 Å². The zero-order chi connectivity index (χ0) is 33.7. The van der Waals surface area contributed by atoms with Crippen molar-refractivity contribution in [1.29, 1.82) is 0 Å². The van der Waals surface area contributed by atoms with Crippen molar-refractivity contribution in [2.75, 3.05) is 9.80 Å². The molecule has 0 aliphatic carbocycles. The van der Waals surface area contributed by atoms with Gasteiger partial charge in [-0.25, -0.2) is 19.4 Å². The molecule has 2 heterocycles. The predicted octanol–water partition coefficient (Wildman–Crippen LogP) is 6.27. The van der Waals surface area contributed by atoms with Crippen molar-refractivity contribution in [3.8, 4) is 23.0 Å². The highest BCUT2D eigenvalue weighted by atomic mass is 16.5. The summed E-state index contributed by atoms with van der Waals surface area (Å²) in [6, 6.07) is 27.2. The van der Waals surface area contributed by atoms with E-state index in [-0.39, 0.29) is 44.8 Å². The molecule has 0 aromatic heterocycles. The number of carboxylic acid groups (broad SMARTS) is 2. The number of benzene rings is 5. The van der Waals surface area contributed by atoms with Crippen LogP contribution in [0.15, 0.2) is 109 Å². The Hall–Kier alpha value is -7.08. The average Bonchev–Trinajstić information content (AvgIpc) is 3.49. The number of carbonyl (C=O) groups is 6. The summed E-state index contributed by atoms with van der Waals surface area (Å²) in [5.41, 5.74) is -0.271. The quantitative estimate of drug-likeness (QED) is 0.185. The normalized spacial score (nSPS) is 13.4. The topological polar surface area (TPSA) is 168 Å². The van der Waals surface area contributed by atoms with Crippen LogP contribution in [-0.2, 0) is 0 Å².